The standard InChI is InChI=1S/C15H17N5O2S/c1-10-4-11(2)6-12(5-10)14-7-15(18-17-14)19-23(21,22)13-8-16-20(3)9-13/h4-9H,1-3H3,(H2,17,18,19). The molecule has 2 N–H and O–H groups in total. The molecule has 2 aromatic heterocycles. The maximum absolute atomic E-state index is 12.3. The monoisotopic (exact) mass is 331 g/mol. The van der Waals surface area contributed by atoms with Gasteiger partial charge in [-0.3, -0.25) is 14.5 Å². The van der Waals surface area contributed by atoms with E-state index in [0.717, 1.165) is 22.4 Å². The minimum Gasteiger partial charge on any atom is -0.276 e. The molecule has 0 fully saturated rings. The number of sulfonamides is 1. The van der Waals surface area contributed by atoms with Crippen LogP contribution in [0.25, 0.3) is 11.3 Å². The molecule has 120 valence electrons. The number of hydrogen-bond acceptors (Lipinski definition) is 4. The Morgan fingerprint density at radius 2 is 1.83 bits per heavy atom. The van der Waals surface area contributed by atoms with Gasteiger partial charge in [-0.2, -0.15) is 10.2 Å². The fourth-order valence-corrected chi connectivity index (χ4v) is 3.36. The van der Waals surface area contributed by atoms with Crippen LogP contribution in [0.15, 0.2) is 41.6 Å². The highest BCUT2D eigenvalue weighted by Crippen LogP contribution is 2.23. The number of H-pyrrole nitrogens is 1. The number of aryl methyl sites for hydroxylation is 3. The normalized spacial score (nSPS) is 11.6. The summed E-state index contributed by atoms with van der Waals surface area (Å²) in [7, 11) is -2.04. The van der Waals surface area contributed by atoms with E-state index in [2.05, 4.69) is 26.1 Å². The summed E-state index contributed by atoms with van der Waals surface area (Å²) in [5.41, 5.74) is 3.97. The van der Waals surface area contributed by atoms with Gasteiger partial charge in [-0.1, -0.05) is 17.2 Å². The van der Waals surface area contributed by atoms with Gasteiger partial charge in [-0.05, 0) is 26.0 Å². The second-order valence-corrected chi connectivity index (χ2v) is 7.18. The summed E-state index contributed by atoms with van der Waals surface area (Å²) in [6.45, 7) is 4.03. The molecule has 1 aromatic carbocycles. The quantitative estimate of drug-likeness (QED) is 0.767. The van der Waals surface area contributed by atoms with Crippen LogP contribution < -0.4 is 4.72 Å². The van der Waals surface area contributed by atoms with E-state index >= 15 is 0 Å². The minimum absolute atomic E-state index is 0.0935. The van der Waals surface area contributed by atoms with E-state index in [4.69, 9.17) is 0 Å². The van der Waals surface area contributed by atoms with Crippen LogP contribution in [-0.2, 0) is 17.1 Å². The van der Waals surface area contributed by atoms with E-state index in [9.17, 15) is 8.42 Å². The molecule has 23 heavy (non-hydrogen) atoms. The fraction of sp³-hybridized carbons (Fsp3) is 0.200. The number of aromatic amines is 1. The summed E-state index contributed by atoms with van der Waals surface area (Å²) >= 11 is 0. The van der Waals surface area contributed by atoms with Crippen LogP contribution in [0.1, 0.15) is 11.1 Å². The van der Waals surface area contributed by atoms with Crippen molar-refractivity contribution in [3.63, 3.8) is 0 Å². The van der Waals surface area contributed by atoms with Gasteiger partial charge in [0, 0.05) is 24.9 Å². The third-order valence-corrected chi connectivity index (χ3v) is 4.65. The predicted molar refractivity (Wildman–Crippen MR) is 87.5 cm³/mol. The summed E-state index contributed by atoms with van der Waals surface area (Å²) in [4.78, 5) is 0.0935. The zero-order chi connectivity index (χ0) is 16.6. The van der Waals surface area contributed by atoms with Crippen molar-refractivity contribution >= 4 is 15.8 Å². The first-order chi connectivity index (χ1) is 10.8. The van der Waals surface area contributed by atoms with Crippen LogP contribution in [0.3, 0.4) is 0 Å². The highest BCUT2D eigenvalue weighted by atomic mass is 32.2. The molecular formula is C15H17N5O2S. The lowest BCUT2D eigenvalue weighted by atomic mass is 10.1. The molecule has 0 bridgehead atoms. The van der Waals surface area contributed by atoms with E-state index in [0.29, 0.717) is 0 Å². The number of rotatable bonds is 4. The second-order valence-electron chi connectivity index (χ2n) is 5.50. The Balaban J connectivity index is 1.87. The lowest BCUT2D eigenvalue weighted by molar-refractivity contribution is 0.601. The van der Waals surface area contributed by atoms with Crippen molar-refractivity contribution in [3.05, 3.63) is 47.8 Å². The zero-order valence-electron chi connectivity index (χ0n) is 13.0. The molecule has 0 spiro atoms. The number of benzene rings is 1. The fourth-order valence-electron chi connectivity index (χ4n) is 2.39. The molecule has 0 atom stereocenters. The minimum atomic E-state index is -3.69. The molecule has 0 radical (unpaired) electrons. The highest BCUT2D eigenvalue weighted by Gasteiger charge is 2.18. The van der Waals surface area contributed by atoms with Gasteiger partial charge < -0.3 is 0 Å². The average Bonchev–Trinajstić information content (AvgIpc) is 3.06. The van der Waals surface area contributed by atoms with Gasteiger partial charge in [0.15, 0.2) is 5.82 Å². The van der Waals surface area contributed by atoms with E-state index in [1.54, 1.807) is 13.1 Å². The molecule has 0 aliphatic heterocycles. The third kappa shape index (κ3) is 3.26. The van der Waals surface area contributed by atoms with Crippen molar-refractivity contribution in [2.45, 2.75) is 18.7 Å². The lowest BCUT2D eigenvalue weighted by Gasteiger charge is -2.02. The first-order valence-electron chi connectivity index (χ1n) is 6.99. The summed E-state index contributed by atoms with van der Waals surface area (Å²) in [5, 5.41) is 10.8. The molecule has 0 aliphatic carbocycles. The van der Waals surface area contributed by atoms with E-state index in [-0.39, 0.29) is 10.7 Å². The zero-order valence-corrected chi connectivity index (χ0v) is 13.8. The van der Waals surface area contributed by atoms with Crippen LogP contribution in [0.5, 0.6) is 0 Å². The van der Waals surface area contributed by atoms with Gasteiger partial charge >= 0.3 is 0 Å². The van der Waals surface area contributed by atoms with Crippen LogP contribution in [-0.4, -0.2) is 28.4 Å². The Hall–Kier alpha value is -2.61. The van der Waals surface area contributed by atoms with Crippen LogP contribution in [0.4, 0.5) is 5.82 Å². The maximum atomic E-state index is 12.3. The van der Waals surface area contributed by atoms with E-state index in [1.165, 1.54) is 17.1 Å². The van der Waals surface area contributed by atoms with Crippen molar-refractivity contribution in [1.82, 2.24) is 20.0 Å². The lowest BCUT2D eigenvalue weighted by Crippen LogP contribution is -2.12. The van der Waals surface area contributed by atoms with Crippen molar-refractivity contribution in [2.75, 3.05) is 4.72 Å². The molecule has 0 unspecified atom stereocenters. The van der Waals surface area contributed by atoms with Crippen molar-refractivity contribution in [1.29, 1.82) is 0 Å². The highest BCUT2D eigenvalue weighted by molar-refractivity contribution is 7.92. The van der Waals surface area contributed by atoms with Crippen molar-refractivity contribution < 1.29 is 8.42 Å². The SMILES string of the molecule is Cc1cc(C)cc(-c2cc(NS(=O)(=O)c3cnn(C)c3)n[nH]2)c1. The largest absolute Gasteiger partial charge is 0.276 e. The summed E-state index contributed by atoms with van der Waals surface area (Å²) in [6, 6.07) is 7.77. The van der Waals surface area contributed by atoms with Gasteiger partial charge in [0.1, 0.15) is 4.90 Å². The first kappa shape index (κ1) is 15.3. The first-order valence-corrected chi connectivity index (χ1v) is 8.47. The van der Waals surface area contributed by atoms with Gasteiger partial charge in [0.05, 0.1) is 11.9 Å². The molecule has 8 heteroatoms. The van der Waals surface area contributed by atoms with Crippen LogP contribution in [0, 0.1) is 13.8 Å². The Bertz CT molecular complexity index is 936. The molecule has 3 rings (SSSR count). The van der Waals surface area contributed by atoms with Gasteiger partial charge in [0.25, 0.3) is 10.0 Å². The van der Waals surface area contributed by atoms with E-state index in [1.807, 2.05) is 26.0 Å². The predicted octanol–water partition coefficient (Wildman–Crippen LogP) is 2.23. The van der Waals surface area contributed by atoms with Gasteiger partial charge in [0.2, 0.25) is 0 Å². The third-order valence-electron chi connectivity index (χ3n) is 3.34. The topological polar surface area (TPSA) is 92.7 Å². The van der Waals surface area contributed by atoms with Crippen molar-refractivity contribution in [3.8, 4) is 11.3 Å². The molecule has 2 heterocycles. The molecule has 7 nitrogen and oxygen atoms in total. The molecule has 0 aliphatic rings. The van der Waals surface area contributed by atoms with E-state index < -0.39 is 10.0 Å². The van der Waals surface area contributed by atoms with Crippen molar-refractivity contribution in [2.24, 2.45) is 7.05 Å². The molecule has 0 saturated carbocycles. The number of nitrogens with zero attached hydrogens (tertiary/aromatic N) is 3. The molecule has 3 aromatic rings. The Morgan fingerprint density at radius 3 is 2.43 bits per heavy atom. The van der Waals surface area contributed by atoms with Crippen LogP contribution >= 0.6 is 0 Å². The summed E-state index contributed by atoms with van der Waals surface area (Å²) in [6.07, 6.45) is 2.72. The number of hydrogen-bond donors (Lipinski definition) is 2. The number of anilines is 1. The Kier molecular flexibility index (Phi) is 3.69. The molecule has 0 amide bonds. The maximum Gasteiger partial charge on any atom is 0.266 e. The smallest absolute Gasteiger partial charge is 0.266 e. The average molecular weight is 331 g/mol. The summed E-state index contributed by atoms with van der Waals surface area (Å²) in [5.74, 6) is 0.239. The number of aromatic nitrogens is 4. The molecular weight excluding hydrogens is 314 g/mol. The Labute approximate surface area is 134 Å². The van der Waals surface area contributed by atoms with Gasteiger partial charge in [-0.15, -0.1) is 0 Å². The number of nitrogens with one attached hydrogen (secondary N) is 2. The van der Waals surface area contributed by atoms with Gasteiger partial charge in [-0.25, -0.2) is 8.42 Å². The summed E-state index contributed by atoms with van der Waals surface area (Å²) < 4.78 is 28.4. The Morgan fingerprint density at radius 1 is 1.13 bits per heavy atom. The second kappa shape index (κ2) is 5.54. The molecule has 0 saturated heterocycles. The van der Waals surface area contributed by atoms with Crippen LogP contribution in [0.2, 0.25) is 0 Å².